The Morgan fingerprint density at radius 3 is 2.58 bits per heavy atom. The minimum Gasteiger partial charge on any atom is -0.252 e. The van der Waals surface area contributed by atoms with E-state index in [1.807, 2.05) is 0 Å². The van der Waals surface area contributed by atoms with E-state index < -0.39 is 5.37 Å². The largest absolute Gasteiger partial charge is 0.349 e. The molecule has 1 aromatic rings. The van der Waals surface area contributed by atoms with Gasteiger partial charge in [0.25, 0.3) is 0 Å². The molecule has 0 aromatic heterocycles. The summed E-state index contributed by atoms with van der Waals surface area (Å²) in [4.78, 5) is 10.4. The minimum atomic E-state index is -1.13. The van der Waals surface area contributed by atoms with Crippen molar-refractivity contribution in [1.82, 2.24) is 0 Å². The second-order valence-electron chi connectivity index (χ2n) is 2.32. The molecular formula is C8H7ClFNO. The van der Waals surface area contributed by atoms with Crippen molar-refractivity contribution >= 4 is 22.7 Å². The van der Waals surface area contributed by atoms with Gasteiger partial charge in [0.15, 0.2) is 0 Å². The van der Waals surface area contributed by atoms with Gasteiger partial charge in [-0.15, -0.1) is 5.12 Å². The monoisotopic (exact) mass is 187 g/mol. The molecule has 0 aliphatic rings. The number of amides is 1. The normalized spacial score (nSPS) is 9.58. The third-order valence-electron chi connectivity index (χ3n) is 1.48. The molecule has 12 heavy (non-hydrogen) atoms. The SMILES string of the molecule is Cc1ccccc1N(F)C(=O)Cl. The van der Waals surface area contributed by atoms with Gasteiger partial charge in [-0.1, -0.05) is 22.7 Å². The molecule has 0 saturated carbocycles. The molecule has 0 bridgehead atoms. The van der Waals surface area contributed by atoms with Crippen molar-refractivity contribution in [2.45, 2.75) is 6.92 Å². The zero-order valence-corrected chi connectivity index (χ0v) is 7.18. The third kappa shape index (κ3) is 1.74. The number of carbonyl (C=O) groups excluding carboxylic acids is 1. The summed E-state index contributed by atoms with van der Waals surface area (Å²) in [5, 5.41) is -1.22. The number of halogens is 2. The molecule has 0 atom stereocenters. The fourth-order valence-electron chi connectivity index (χ4n) is 0.878. The molecule has 0 aliphatic carbocycles. The molecule has 0 saturated heterocycles. The van der Waals surface area contributed by atoms with Gasteiger partial charge in [0, 0.05) is 0 Å². The topological polar surface area (TPSA) is 20.3 Å². The molecule has 4 heteroatoms. The summed E-state index contributed by atoms with van der Waals surface area (Å²) in [5.74, 6) is 0. The summed E-state index contributed by atoms with van der Waals surface area (Å²) in [6.07, 6.45) is 0. The Labute approximate surface area is 74.5 Å². The van der Waals surface area contributed by atoms with Crippen LogP contribution < -0.4 is 5.12 Å². The highest BCUT2D eigenvalue weighted by Crippen LogP contribution is 2.20. The smallest absolute Gasteiger partial charge is 0.252 e. The first-order valence-corrected chi connectivity index (χ1v) is 3.71. The van der Waals surface area contributed by atoms with Crippen LogP contribution in [0.2, 0.25) is 0 Å². The van der Waals surface area contributed by atoms with Gasteiger partial charge >= 0.3 is 5.37 Å². The molecule has 0 N–H and O–H groups in total. The van der Waals surface area contributed by atoms with Crippen LogP contribution in [0.15, 0.2) is 24.3 Å². The molecule has 0 unspecified atom stereocenters. The minimum absolute atomic E-state index is 0.0864. The first-order chi connectivity index (χ1) is 5.63. The maximum Gasteiger partial charge on any atom is 0.349 e. The number of para-hydroxylation sites is 1. The molecule has 0 heterocycles. The molecule has 1 aromatic carbocycles. The van der Waals surface area contributed by atoms with Crippen molar-refractivity contribution in [3.63, 3.8) is 0 Å². The van der Waals surface area contributed by atoms with Crippen LogP contribution in [0.25, 0.3) is 0 Å². The zero-order valence-electron chi connectivity index (χ0n) is 6.42. The van der Waals surface area contributed by atoms with E-state index in [4.69, 9.17) is 11.6 Å². The van der Waals surface area contributed by atoms with Crippen LogP contribution in [0.4, 0.5) is 15.0 Å². The van der Waals surface area contributed by atoms with Gasteiger partial charge in [-0.3, -0.25) is 4.79 Å². The Kier molecular flexibility index (Phi) is 2.65. The lowest BCUT2D eigenvalue weighted by Gasteiger charge is -2.09. The fraction of sp³-hybridized carbons (Fsp3) is 0.125. The summed E-state index contributed by atoms with van der Waals surface area (Å²) in [7, 11) is 0. The van der Waals surface area contributed by atoms with Gasteiger partial charge in [0.1, 0.15) is 0 Å². The lowest BCUT2D eigenvalue weighted by Crippen LogP contribution is -2.14. The Morgan fingerprint density at radius 1 is 1.50 bits per heavy atom. The van der Waals surface area contributed by atoms with Crippen molar-refractivity contribution in [3.05, 3.63) is 29.8 Å². The number of carbonyl (C=O) groups is 1. The van der Waals surface area contributed by atoms with Crippen molar-refractivity contribution in [3.8, 4) is 0 Å². The highest BCUT2D eigenvalue weighted by Gasteiger charge is 2.13. The highest BCUT2D eigenvalue weighted by atomic mass is 35.5. The molecule has 0 radical (unpaired) electrons. The van der Waals surface area contributed by atoms with Gasteiger partial charge in [0.05, 0.1) is 5.69 Å². The number of hydrogen-bond donors (Lipinski definition) is 0. The molecule has 1 amide bonds. The number of aryl methyl sites for hydroxylation is 1. The molecular weight excluding hydrogens is 181 g/mol. The lowest BCUT2D eigenvalue weighted by atomic mass is 10.2. The van der Waals surface area contributed by atoms with E-state index >= 15 is 0 Å². The number of benzene rings is 1. The molecule has 0 aliphatic heterocycles. The number of rotatable bonds is 1. The van der Waals surface area contributed by atoms with Crippen molar-refractivity contribution in [1.29, 1.82) is 0 Å². The van der Waals surface area contributed by atoms with Crippen LogP contribution in [0, 0.1) is 6.92 Å². The second-order valence-corrected chi connectivity index (χ2v) is 2.64. The van der Waals surface area contributed by atoms with E-state index in [-0.39, 0.29) is 10.8 Å². The Hall–Kier alpha value is -1.09. The number of hydrogen-bond acceptors (Lipinski definition) is 1. The summed E-state index contributed by atoms with van der Waals surface area (Å²) >= 11 is 4.95. The highest BCUT2D eigenvalue weighted by molar-refractivity contribution is 6.65. The molecule has 64 valence electrons. The maximum absolute atomic E-state index is 12.9. The van der Waals surface area contributed by atoms with Gasteiger partial charge in [-0.25, -0.2) is 0 Å². The summed E-state index contributed by atoms with van der Waals surface area (Å²) in [6, 6.07) is 6.57. The van der Waals surface area contributed by atoms with Crippen LogP contribution in [-0.4, -0.2) is 5.37 Å². The fourth-order valence-corrected chi connectivity index (χ4v) is 0.969. The zero-order chi connectivity index (χ0) is 9.14. The first-order valence-electron chi connectivity index (χ1n) is 3.34. The first kappa shape index (κ1) is 9.00. The molecule has 2 nitrogen and oxygen atoms in total. The van der Waals surface area contributed by atoms with Crippen LogP contribution in [-0.2, 0) is 0 Å². The Balaban J connectivity index is 3.02. The third-order valence-corrected chi connectivity index (χ3v) is 1.63. The average molecular weight is 188 g/mol. The quantitative estimate of drug-likeness (QED) is 0.376. The van der Waals surface area contributed by atoms with Gasteiger partial charge in [-0.05, 0) is 30.2 Å². The van der Waals surface area contributed by atoms with Gasteiger partial charge in [0.2, 0.25) is 0 Å². The molecule has 0 fully saturated rings. The predicted molar refractivity (Wildman–Crippen MR) is 46.0 cm³/mol. The van der Waals surface area contributed by atoms with Crippen molar-refractivity contribution in [2.24, 2.45) is 0 Å². The van der Waals surface area contributed by atoms with Gasteiger partial charge < -0.3 is 0 Å². The van der Waals surface area contributed by atoms with Crippen LogP contribution >= 0.6 is 11.6 Å². The standard InChI is InChI=1S/C8H7ClFNO/c1-6-4-2-3-5-7(6)11(10)8(9)12/h2-5H,1H3. The second kappa shape index (κ2) is 3.54. The number of anilines is 1. The maximum atomic E-state index is 12.9. The van der Waals surface area contributed by atoms with Crippen LogP contribution in [0.5, 0.6) is 0 Å². The van der Waals surface area contributed by atoms with Crippen LogP contribution in [0.1, 0.15) is 5.56 Å². The van der Waals surface area contributed by atoms with Crippen LogP contribution in [0.3, 0.4) is 0 Å². The predicted octanol–water partition coefficient (Wildman–Crippen LogP) is 3.04. The Morgan fingerprint density at radius 2 is 2.08 bits per heavy atom. The van der Waals surface area contributed by atoms with E-state index in [0.29, 0.717) is 5.56 Å². The van der Waals surface area contributed by atoms with E-state index in [1.54, 1.807) is 25.1 Å². The van der Waals surface area contributed by atoms with E-state index in [9.17, 15) is 9.28 Å². The van der Waals surface area contributed by atoms with Crippen molar-refractivity contribution < 1.29 is 9.28 Å². The number of nitrogens with zero attached hydrogens (tertiary/aromatic N) is 1. The lowest BCUT2D eigenvalue weighted by molar-refractivity contribution is 0.253. The van der Waals surface area contributed by atoms with E-state index in [0.717, 1.165) is 0 Å². The summed E-state index contributed by atoms with van der Waals surface area (Å²) in [6.45, 7) is 1.70. The van der Waals surface area contributed by atoms with E-state index in [1.165, 1.54) is 6.07 Å². The van der Waals surface area contributed by atoms with Crippen molar-refractivity contribution in [2.75, 3.05) is 5.12 Å². The summed E-state index contributed by atoms with van der Waals surface area (Å²) < 4.78 is 12.9. The average Bonchev–Trinajstić information content (AvgIpc) is 2.04. The Bertz CT molecular complexity index is 303. The summed E-state index contributed by atoms with van der Waals surface area (Å²) in [5.41, 5.74) is 0.839. The molecule has 0 spiro atoms. The molecule has 1 rings (SSSR count). The van der Waals surface area contributed by atoms with Gasteiger partial charge in [-0.2, -0.15) is 0 Å². The van der Waals surface area contributed by atoms with E-state index in [2.05, 4.69) is 0 Å².